The van der Waals surface area contributed by atoms with E-state index < -0.39 is 101 Å². The SMILES string of the molecule is COC(=O)O[C@]1(C(=O)OC)C[C@@H](OC(=O)/C=C/c2ccc(O)c(O)c2)[C@H](OC(=O)/C=C/c2ccc(O)c(O)c2)[C@H](OC(=O)/C=C/c2ccc(O)c(O)c2)C1. The smallest absolute Gasteiger partial charge is 0.504 e. The topological polar surface area (TPSA) is 262 Å². The van der Waals surface area contributed by atoms with Gasteiger partial charge in [-0.25, -0.2) is 24.0 Å². The van der Waals surface area contributed by atoms with Crippen molar-refractivity contribution in [3.8, 4) is 34.5 Å². The fraction of sp³-hybridized carbons (Fsp3) is 0.216. The summed E-state index contributed by atoms with van der Waals surface area (Å²) >= 11 is 0. The summed E-state index contributed by atoms with van der Waals surface area (Å²) in [7, 11) is 1.92. The van der Waals surface area contributed by atoms with Gasteiger partial charge in [-0.1, -0.05) is 18.2 Å². The Bertz CT molecular complexity index is 1910. The predicted molar refractivity (Wildman–Crippen MR) is 184 cm³/mol. The monoisotopic (exact) mass is 750 g/mol. The maximum absolute atomic E-state index is 13.3. The normalized spacial score (nSPS) is 19.6. The zero-order valence-corrected chi connectivity index (χ0v) is 28.5. The molecule has 284 valence electrons. The summed E-state index contributed by atoms with van der Waals surface area (Å²) in [5.74, 6) is -7.20. The number of aromatic hydroxyl groups is 6. The second-order valence-corrected chi connectivity index (χ2v) is 11.5. The summed E-state index contributed by atoms with van der Waals surface area (Å²) < 4.78 is 31.6. The summed E-state index contributed by atoms with van der Waals surface area (Å²) in [6.45, 7) is 0. The Morgan fingerprint density at radius 2 is 0.926 bits per heavy atom. The molecule has 17 nitrogen and oxygen atoms in total. The number of esters is 4. The molecule has 0 spiro atoms. The lowest BCUT2D eigenvalue weighted by molar-refractivity contribution is -0.214. The first-order valence-corrected chi connectivity index (χ1v) is 15.7. The highest BCUT2D eigenvalue weighted by Crippen LogP contribution is 2.39. The number of phenolic OH excluding ortho intramolecular Hbond substituents is 6. The molecule has 2 atom stereocenters. The molecule has 1 aliphatic rings. The predicted octanol–water partition coefficient (Wildman–Crippen LogP) is 3.58. The van der Waals surface area contributed by atoms with Crippen molar-refractivity contribution in [2.45, 2.75) is 36.8 Å². The number of benzene rings is 3. The Morgan fingerprint density at radius 3 is 1.26 bits per heavy atom. The molecular weight excluding hydrogens is 716 g/mol. The van der Waals surface area contributed by atoms with Crippen LogP contribution in [0.1, 0.15) is 29.5 Å². The molecule has 0 unspecified atom stereocenters. The van der Waals surface area contributed by atoms with Gasteiger partial charge in [0.05, 0.1) is 14.2 Å². The van der Waals surface area contributed by atoms with Gasteiger partial charge in [0, 0.05) is 31.1 Å². The number of carbonyl (C=O) groups excluding carboxylic acids is 5. The Labute approximate surface area is 306 Å². The van der Waals surface area contributed by atoms with Crippen LogP contribution in [-0.2, 0) is 47.6 Å². The molecule has 1 fully saturated rings. The largest absolute Gasteiger partial charge is 0.509 e. The van der Waals surface area contributed by atoms with Crippen molar-refractivity contribution < 1.29 is 83.0 Å². The van der Waals surface area contributed by atoms with Gasteiger partial charge in [-0.15, -0.1) is 0 Å². The molecule has 6 N–H and O–H groups in total. The van der Waals surface area contributed by atoms with Crippen LogP contribution in [0.25, 0.3) is 18.2 Å². The molecule has 17 heteroatoms. The van der Waals surface area contributed by atoms with Gasteiger partial charge in [-0.2, -0.15) is 0 Å². The van der Waals surface area contributed by atoms with E-state index >= 15 is 0 Å². The third-order valence-corrected chi connectivity index (χ3v) is 7.82. The van der Waals surface area contributed by atoms with Crippen molar-refractivity contribution >= 4 is 48.3 Å². The highest BCUT2D eigenvalue weighted by atomic mass is 16.7. The number of rotatable bonds is 11. The van der Waals surface area contributed by atoms with Gasteiger partial charge in [0.2, 0.25) is 5.60 Å². The quantitative estimate of drug-likeness (QED) is 0.0708. The van der Waals surface area contributed by atoms with Gasteiger partial charge < -0.3 is 59.1 Å². The fourth-order valence-electron chi connectivity index (χ4n) is 5.23. The minimum atomic E-state index is -2.35. The van der Waals surface area contributed by atoms with Gasteiger partial charge in [0.15, 0.2) is 40.6 Å². The number of hydrogen-bond acceptors (Lipinski definition) is 17. The average Bonchev–Trinajstić information content (AvgIpc) is 3.14. The van der Waals surface area contributed by atoms with E-state index in [-0.39, 0.29) is 16.7 Å². The molecule has 0 saturated heterocycles. The van der Waals surface area contributed by atoms with E-state index in [4.69, 9.17) is 23.7 Å². The van der Waals surface area contributed by atoms with Crippen molar-refractivity contribution in [1.29, 1.82) is 0 Å². The first-order chi connectivity index (χ1) is 25.6. The van der Waals surface area contributed by atoms with Gasteiger partial charge in [-0.05, 0) is 71.3 Å². The molecule has 0 radical (unpaired) electrons. The molecule has 0 aromatic heterocycles. The molecule has 4 rings (SSSR count). The standard InChI is InChI=1S/C37H34O17/c1-49-35(47)37(54-36(48)50-2)18-29(51-31(44)12-6-20-3-9-23(38)26(41)15-20)34(53-33(46)14-8-22-5-11-25(40)28(43)17-22)30(19-37)52-32(45)13-7-21-4-10-24(39)27(42)16-21/h3-17,29-30,34,38-43H,18-19H2,1-2H3/b12-6+,13-7+,14-8+/t29-,30-,34-,37+/m1/s1. The van der Waals surface area contributed by atoms with Crippen molar-refractivity contribution in [1.82, 2.24) is 0 Å². The molecule has 54 heavy (non-hydrogen) atoms. The Balaban J connectivity index is 1.73. The van der Waals surface area contributed by atoms with Crippen molar-refractivity contribution in [2.24, 2.45) is 0 Å². The zero-order chi connectivity index (χ0) is 39.6. The highest BCUT2D eigenvalue weighted by molar-refractivity contribution is 5.90. The van der Waals surface area contributed by atoms with Crippen LogP contribution < -0.4 is 0 Å². The van der Waals surface area contributed by atoms with E-state index in [1.807, 2.05) is 0 Å². The maximum atomic E-state index is 13.3. The van der Waals surface area contributed by atoms with Crippen LogP contribution in [0.4, 0.5) is 4.79 Å². The van der Waals surface area contributed by atoms with Crippen LogP contribution in [0.5, 0.6) is 34.5 Å². The molecule has 0 amide bonds. The second-order valence-electron chi connectivity index (χ2n) is 11.5. The first-order valence-electron chi connectivity index (χ1n) is 15.7. The maximum Gasteiger partial charge on any atom is 0.509 e. The Morgan fingerprint density at radius 1 is 0.556 bits per heavy atom. The van der Waals surface area contributed by atoms with E-state index in [9.17, 15) is 54.6 Å². The lowest BCUT2D eigenvalue weighted by Gasteiger charge is -2.43. The van der Waals surface area contributed by atoms with Crippen molar-refractivity contribution in [3.05, 3.63) is 89.5 Å². The highest BCUT2D eigenvalue weighted by Gasteiger charge is 2.58. The average molecular weight is 751 g/mol. The number of ether oxygens (including phenoxy) is 6. The Kier molecular flexibility index (Phi) is 12.7. The molecule has 0 bridgehead atoms. The second kappa shape index (κ2) is 17.4. The van der Waals surface area contributed by atoms with Crippen molar-refractivity contribution in [3.63, 3.8) is 0 Å². The van der Waals surface area contributed by atoms with Crippen LogP contribution in [-0.4, -0.2) is 98.8 Å². The summed E-state index contributed by atoms with van der Waals surface area (Å²) in [6.07, 6.45) is -1.60. The fourth-order valence-corrected chi connectivity index (χ4v) is 5.23. The third-order valence-electron chi connectivity index (χ3n) is 7.82. The van der Waals surface area contributed by atoms with Crippen molar-refractivity contribution in [2.75, 3.05) is 14.2 Å². The van der Waals surface area contributed by atoms with Gasteiger partial charge >= 0.3 is 30.0 Å². The summed E-state index contributed by atoms with van der Waals surface area (Å²) in [6, 6.07) is 11.0. The van der Waals surface area contributed by atoms with Crippen LogP contribution in [0.2, 0.25) is 0 Å². The van der Waals surface area contributed by atoms with Crippen LogP contribution in [0.15, 0.2) is 72.8 Å². The Hall–Kier alpha value is -7.17. The van der Waals surface area contributed by atoms with E-state index in [0.29, 0.717) is 0 Å². The molecular formula is C37H34O17. The van der Waals surface area contributed by atoms with Gasteiger partial charge in [-0.3, -0.25) is 0 Å². The lowest BCUT2D eigenvalue weighted by atomic mass is 9.79. The summed E-state index contributed by atoms with van der Waals surface area (Å²) in [4.78, 5) is 65.3. The van der Waals surface area contributed by atoms with Crippen LogP contribution in [0.3, 0.4) is 0 Å². The lowest BCUT2D eigenvalue weighted by Crippen LogP contribution is -2.61. The van der Waals surface area contributed by atoms with Gasteiger partial charge in [0.1, 0.15) is 12.2 Å². The molecule has 0 heterocycles. The molecule has 3 aromatic carbocycles. The molecule has 1 saturated carbocycles. The number of methoxy groups -OCH3 is 2. The van der Waals surface area contributed by atoms with E-state index in [2.05, 4.69) is 4.74 Å². The third kappa shape index (κ3) is 10.2. The molecule has 0 aliphatic heterocycles. The number of phenols is 6. The zero-order valence-electron chi connectivity index (χ0n) is 28.5. The molecule has 3 aromatic rings. The summed E-state index contributed by atoms with van der Waals surface area (Å²) in [5, 5.41) is 58.2. The number of carbonyl (C=O) groups is 5. The van der Waals surface area contributed by atoms with E-state index in [0.717, 1.165) is 62.8 Å². The van der Waals surface area contributed by atoms with Crippen LogP contribution >= 0.6 is 0 Å². The van der Waals surface area contributed by atoms with E-state index in [1.54, 1.807) is 0 Å². The summed E-state index contributed by atoms with van der Waals surface area (Å²) in [5.41, 5.74) is -1.60. The van der Waals surface area contributed by atoms with Gasteiger partial charge in [0.25, 0.3) is 0 Å². The first kappa shape index (κ1) is 39.6. The minimum Gasteiger partial charge on any atom is -0.504 e. The van der Waals surface area contributed by atoms with E-state index in [1.165, 1.54) is 42.5 Å². The van der Waals surface area contributed by atoms with Crippen LogP contribution in [0, 0.1) is 0 Å². The number of hydrogen-bond donors (Lipinski definition) is 6. The minimum absolute atomic E-state index is 0.248. The molecule has 1 aliphatic carbocycles.